The van der Waals surface area contributed by atoms with Gasteiger partial charge < -0.3 is 0 Å². The van der Waals surface area contributed by atoms with Gasteiger partial charge in [-0.15, -0.1) is 34.0 Å². The van der Waals surface area contributed by atoms with Gasteiger partial charge in [0.2, 0.25) is 0 Å². The Hall–Kier alpha value is -1.81. The van der Waals surface area contributed by atoms with Gasteiger partial charge in [0.1, 0.15) is 4.83 Å². The van der Waals surface area contributed by atoms with Crippen molar-refractivity contribution in [2.75, 3.05) is 18.4 Å². The Bertz CT molecular complexity index is 1070. The van der Waals surface area contributed by atoms with Gasteiger partial charge in [0, 0.05) is 23.5 Å². The minimum Gasteiger partial charge on any atom is -0.297 e. The van der Waals surface area contributed by atoms with E-state index in [1.165, 1.54) is 41.9 Å². The molecule has 0 unspecified atom stereocenters. The van der Waals surface area contributed by atoms with E-state index in [4.69, 9.17) is 0 Å². The van der Waals surface area contributed by atoms with Crippen molar-refractivity contribution in [2.24, 2.45) is 0 Å². The molecule has 0 atom stereocenters. The van der Waals surface area contributed by atoms with E-state index in [9.17, 15) is 4.79 Å². The Morgan fingerprint density at radius 1 is 1.19 bits per heavy atom. The number of hydrogen-bond donors (Lipinski definition) is 1. The first-order valence-electron chi connectivity index (χ1n) is 8.59. The van der Waals surface area contributed by atoms with Crippen LogP contribution in [-0.2, 0) is 6.54 Å². The number of thiazole rings is 2. The molecule has 0 radical (unpaired) electrons. The van der Waals surface area contributed by atoms with Gasteiger partial charge in [0.25, 0.3) is 5.91 Å². The lowest BCUT2D eigenvalue weighted by molar-refractivity contribution is 0.103. The van der Waals surface area contributed by atoms with Crippen LogP contribution in [0.25, 0.3) is 15.3 Å². The number of likely N-dealkylation sites (tertiary alicyclic amines) is 1. The van der Waals surface area contributed by atoms with E-state index in [0.29, 0.717) is 10.0 Å². The molecule has 0 saturated carbocycles. The molecule has 134 valence electrons. The fourth-order valence-corrected chi connectivity index (χ4v) is 5.69. The van der Waals surface area contributed by atoms with Crippen LogP contribution in [0.2, 0.25) is 0 Å². The molecular weight excluding hydrogens is 386 g/mol. The topological polar surface area (TPSA) is 62.5 Å². The van der Waals surface area contributed by atoms with Crippen molar-refractivity contribution in [1.82, 2.24) is 19.3 Å². The number of amides is 1. The molecule has 1 amide bonds. The number of thiophene rings is 1. The third-order valence-corrected chi connectivity index (χ3v) is 7.15. The van der Waals surface area contributed by atoms with Crippen molar-refractivity contribution in [3.63, 3.8) is 0 Å². The second-order valence-electron chi connectivity index (χ2n) is 6.40. The zero-order chi connectivity index (χ0) is 17.5. The summed E-state index contributed by atoms with van der Waals surface area (Å²) in [6.07, 6.45) is 5.85. The minimum atomic E-state index is -0.115. The lowest BCUT2D eigenvalue weighted by atomic mass is 10.1. The quantitative estimate of drug-likeness (QED) is 0.552. The number of carbonyl (C=O) groups excluding carboxylic acids is 1. The van der Waals surface area contributed by atoms with Gasteiger partial charge in [0.15, 0.2) is 10.1 Å². The van der Waals surface area contributed by atoms with E-state index in [0.717, 1.165) is 40.6 Å². The second kappa shape index (κ2) is 6.73. The van der Waals surface area contributed by atoms with Gasteiger partial charge in [-0.05, 0) is 32.0 Å². The van der Waals surface area contributed by atoms with Crippen molar-refractivity contribution in [3.8, 4) is 0 Å². The van der Waals surface area contributed by atoms with E-state index in [1.807, 2.05) is 27.4 Å². The Labute approximate surface area is 162 Å². The third-order valence-electron chi connectivity index (χ3n) is 4.57. The number of rotatable bonds is 4. The summed E-state index contributed by atoms with van der Waals surface area (Å²) in [5.41, 5.74) is 2.02. The van der Waals surface area contributed by atoms with Gasteiger partial charge in [-0.25, -0.2) is 9.97 Å². The van der Waals surface area contributed by atoms with Crippen LogP contribution in [0, 0.1) is 0 Å². The van der Waals surface area contributed by atoms with Crippen LogP contribution in [0.5, 0.6) is 0 Å². The summed E-state index contributed by atoms with van der Waals surface area (Å²) in [7, 11) is 0. The molecule has 26 heavy (non-hydrogen) atoms. The Morgan fingerprint density at radius 2 is 2.08 bits per heavy atom. The van der Waals surface area contributed by atoms with Crippen LogP contribution < -0.4 is 5.32 Å². The van der Waals surface area contributed by atoms with Crippen LogP contribution in [0.15, 0.2) is 23.0 Å². The largest absolute Gasteiger partial charge is 0.297 e. The molecule has 0 aliphatic carbocycles. The first kappa shape index (κ1) is 16.4. The summed E-state index contributed by atoms with van der Waals surface area (Å²) in [5.74, 6) is -0.115. The molecule has 0 aromatic carbocycles. The van der Waals surface area contributed by atoms with Gasteiger partial charge in [-0.1, -0.05) is 6.42 Å². The maximum absolute atomic E-state index is 12.6. The number of nitrogens with one attached hydrogen (secondary N) is 1. The van der Waals surface area contributed by atoms with Crippen molar-refractivity contribution in [2.45, 2.75) is 25.8 Å². The zero-order valence-corrected chi connectivity index (χ0v) is 16.4. The third kappa shape index (κ3) is 3.05. The molecule has 1 aliphatic heterocycles. The molecule has 9 heteroatoms. The molecule has 1 fully saturated rings. The lowest BCUT2D eigenvalue weighted by Gasteiger charge is -2.25. The number of anilines is 1. The normalized spacial score (nSPS) is 15.8. The smallest absolute Gasteiger partial charge is 0.267 e. The predicted octanol–water partition coefficient (Wildman–Crippen LogP) is 4.31. The fraction of sp³-hybridized carbons (Fsp3) is 0.353. The summed E-state index contributed by atoms with van der Waals surface area (Å²) < 4.78 is 2.02. The molecule has 5 rings (SSSR count). The Morgan fingerprint density at radius 3 is 2.96 bits per heavy atom. The highest BCUT2D eigenvalue weighted by atomic mass is 32.1. The minimum absolute atomic E-state index is 0.115. The lowest BCUT2D eigenvalue weighted by Crippen LogP contribution is -2.29. The average molecular weight is 404 g/mol. The molecule has 5 heterocycles. The second-order valence-corrected chi connectivity index (χ2v) is 9.17. The fourth-order valence-electron chi connectivity index (χ4n) is 3.30. The van der Waals surface area contributed by atoms with Crippen molar-refractivity contribution < 1.29 is 4.79 Å². The monoisotopic (exact) mass is 403 g/mol. The molecule has 6 nitrogen and oxygen atoms in total. The first-order valence-corrected chi connectivity index (χ1v) is 11.2. The standard InChI is InChI=1S/C17H17N5OS3/c23-14(13-8-12-15(26-13)20-17-22(12)6-7-24-17)19-16-18-11(10-25-16)9-21-4-2-1-3-5-21/h6-8,10H,1-5,9H2,(H,18,19,23). The van der Waals surface area contributed by atoms with Crippen LogP contribution in [0.4, 0.5) is 5.13 Å². The van der Waals surface area contributed by atoms with E-state index in [2.05, 4.69) is 20.2 Å². The number of hydrogen-bond acceptors (Lipinski definition) is 7. The molecular formula is C17H17N5OS3. The molecule has 4 aromatic rings. The van der Waals surface area contributed by atoms with Gasteiger partial charge in [-0.3, -0.25) is 19.4 Å². The highest BCUT2D eigenvalue weighted by Gasteiger charge is 2.17. The average Bonchev–Trinajstić information content (AvgIpc) is 3.38. The first-order chi connectivity index (χ1) is 12.8. The van der Waals surface area contributed by atoms with Crippen molar-refractivity contribution >= 4 is 60.4 Å². The molecule has 1 aliphatic rings. The molecule has 0 spiro atoms. The SMILES string of the molecule is O=C(Nc1nc(CN2CCCCC2)cs1)c1cc2c(nc3sccn32)s1. The summed E-state index contributed by atoms with van der Waals surface area (Å²) in [6.45, 7) is 3.16. The number of fused-ring (bicyclic) bond motifs is 3. The van der Waals surface area contributed by atoms with Crippen molar-refractivity contribution in [1.29, 1.82) is 0 Å². The van der Waals surface area contributed by atoms with Crippen LogP contribution in [0.3, 0.4) is 0 Å². The summed E-state index contributed by atoms with van der Waals surface area (Å²) in [5, 5.41) is 7.64. The zero-order valence-electron chi connectivity index (χ0n) is 14.0. The molecule has 0 bridgehead atoms. The Balaban J connectivity index is 1.29. The number of carbonyl (C=O) groups is 1. The maximum Gasteiger partial charge on any atom is 0.267 e. The number of aromatic nitrogens is 3. The highest BCUT2D eigenvalue weighted by molar-refractivity contribution is 7.21. The summed E-state index contributed by atoms with van der Waals surface area (Å²) in [4.78, 5) is 26.7. The van der Waals surface area contributed by atoms with Crippen molar-refractivity contribution in [3.05, 3.63) is 33.6 Å². The molecule has 4 aromatic heterocycles. The van der Waals surface area contributed by atoms with E-state index in [1.54, 1.807) is 11.3 Å². The molecule has 1 saturated heterocycles. The predicted molar refractivity (Wildman–Crippen MR) is 108 cm³/mol. The number of piperidine rings is 1. The van der Waals surface area contributed by atoms with Gasteiger partial charge >= 0.3 is 0 Å². The maximum atomic E-state index is 12.6. The van der Waals surface area contributed by atoms with Crippen LogP contribution >= 0.6 is 34.0 Å². The van der Waals surface area contributed by atoms with E-state index in [-0.39, 0.29) is 5.91 Å². The Kier molecular flexibility index (Phi) is 4.24. The van der Waals surface area contributed by atoms with Crippen LogP contribution in [0.1, 0.15) is 34.6 Å². The van der Waals surface area contributed by atoms with E-state index < -0.39 is 0 Å². The number of nitrogens with zero attached hydrogens (tertiary/aromatic N) is 4. The van der Waals surface area contributed by atoms with E-state index >= 15 is 0 Å². The molecule has 1 N–H and O–H groups in total. The van der Waals surface area contributed by atoms with Crippen LogP contribution in [-0.4, -0.2) is 38.3 Å². The van der Waals surface area contributed by atoms with Gasteiger partial charge in [0.05, 0.1) is 16.1 Å². The summed E-state index contributed by atoms with van der Waals surface area (Å²) >= 11 is 4.51. The summed E-state index contributed by atoms with van der Waals surface area (Å²) in [6, 6.07) is 1.91. The highest BCUT2D eigenvalue weighted by Crippen LogP contribution is 2.29. The van der Waals surface area contributed by atoms with Gasteiger partial charge in [-0.2, -0.15) is 0 Å². The number of imidazole rings is 1.